The molecule has 0 atom stereocenters. The minimum Gasteiger partial charge on any atom is -0.351 e. The number of rotatable bonds is 5. The fourth-order valence-corrected chi connectivity index (χ4v) is 2.21. The Labute approximate surface area is 98.0 Å². The lowest BCUT2D eigenvalue weighted by Gasteiger charge is -2.23. The molecule has 1 amide bonds. The lowest BCUT2D eigenvalue weighted by Crippen LogP contribution is -2.34. The molecule has 2 N–H and O–H groups in total. The second kappa shape index (κ2) is 5.30. The van der Waals surface area contributed by atoms with Crippen LogP contribution in [0, 0.1) is 5.41 Å². The fraction of sp³-hybridized carbons (Fsp3) is 0.600. The van der Waals surface area contributed by atoms with Gasteiger partial charge in [-0.3, -0.25) is 9.89 Å². The van der Waals surface area contributed by atoms with E-state index in [-0.39, 0.29) is 11.3 Å². The molecule has 0 saturated heterocycles. The first-order valence-electron chi connectivity index (χ1n) is 4.88. The summed E-state index contributed by atoms with van der Waals surface area (Å²) in [6, 6.07) is 0. The molecule has 84 valence electrons. The van der Waals surface area contributed by atoms with Crippen molar-refractivity contribution in [2.75, 3.05) is 11.9 Å². The summed E-state index contributed by atoms with van der Waals surface area (Å²) in [5.41, 5.74) is 0.688. The average Bonchev–Trinajstić information content (AvgIpc) is 2.67. The lowest BCUT2D eigenvalue weighted by atomic mass is 9.90. The minimum absolute atomic E-state index is 0.0774. The summed E-state index contributed by atoms with van der Waals surface area (Å²) in [5, 5.41) is 10.2. The molecule has 0 unspecified atom stereocenters. The number of amides is 1. The second-order valence-corrected chi connectivity index (χ2v) is 5.07. The molecule has 1 rings (SSSR count). The highest BCUT2D eigenvalue weighted by Crippen LogP contribution is 2.19. The third kappa shape index (κ3) is 4.03. The van der Waals surface area contributed by atoms with Crippen LogP contribution in [-0.4, -0.2) is 28.0 Å². The summed E-state index contributed by atoms with van der Waals surface area (Å²) in [7, 11) is 0. The molecule has 0 bridgehead atoms. The van der Waals surface area contributed by atoms with Crippen molar-refractivity contribution in [1.29, 1.82) is 0 Å². The van der Waals surface area contributed by atoms with Crippen LogP contribution in [0.3, 0.4) is 0 Å². The smallest absolute Gasteiger partial charge is 0.254 e. The standard InChI is InChI=1S/C10H16BrN3O/c1-10(2,3-4-11)7-12-9(15)8-5-13-14-6-8/h5-6H,3-4,7H2,1-2H3,(H,12,15)(H,13,14). The monoisotopic (exact) mass is 273 g/mol. The molecule has 0 aromatic carbocycles. The van der Waals surface area contributed by atoms with Gasteiger partial charge < -0.3 is 5.32 Å². The molecule has 0 aliphatic carbocycles. The first-order chi connectivity index (χ1) is 7.05. The predicted octanol–water partition coefficient (Wildman–Crippen LogP) is 1.95. The van der Waals surface area contributed by atoms with Gasteiger partial charge in [-0.2, -0.15) is 5.10 Å². The molecule has 1 aromatic heterocycles. The van der Waals surface area contributed by atoms with Crippen LogP contribution in [-0.2, 0) is 0 Å². The average molecular weight is 274 g/mol. The Hall–Kier alpha value is -0.840. The molecule has 5 heteroatoms. The van der Waals surface area contributed by atoms with Crippen molar-refractivity contribution in [3.63, 3.8) is 0 Å². The van der Waals surface area contributed by atoms with Crippen LogP contribution in [0.1, 0.15) is 30.6 Å². The van der Waals surface area contributed by atoms with Gasteiger partial charge in [-0.25, -0.2) is 0 Å². The third-order valence-corrected chi connectivity index (χ3v) is 2.66. The normalized spacial score (nSPS) is 11.4. The molecule has 0 fully saturated rings. The van der Waals surface area contributed by atoms with Gasteiger partial charge in [0.2, 0.25) is 0 Å². The highest BCUT2D eigenvalue weighted by molar-refractivity contribution is 9.09. The maximum absolute atomic E-state index is 11.6. The number of H-pyrrole nitrogens is 1. The van der Waals surface area contributed by atoms with Gasteiger partial charge in [0.25, 0.3) is 5.91 Å². The molecule has 0 saturated carbocycles. The molecule has 0 radical (unpaired) electrons. The Kier molecular flexibility index (Phi) is 4.32. The molecule has 1 heterocycles. The number of nitrogens with one attached hydrogen (secondary N) is 2. The Bertz CT molecular complexity index is 308. The van der Waals surface area contributed by atoms with E-state index in [1.54, 1.807) is 6.20 Å². The van der Waals surface area contributed by atoms with E-state index in [2.05, 4.69) is 45.3 Å². The number of halogens is 1. The van der Waals surface area contributed by atoms with E-state index in [0.29, 0.717) is 12.1 Å². The van der Waals surface area contributed by atoms with Crippen molar-refractivity contribution in [3.05, 3.63) is 18.0 Å². The third-order valence-electron chi connectivity index (χ3n) is 2.26. The predicted molar refractivity (Wildman–Crippen MR) is 63.1 cm³/mol. The van der Waals surface area contributed by atoms with Crippen molar-refractivity contribution < 1.29 is 4.79 Å². The Morgan fingerprint density at radius 1 is 1.67 bits per heavy atom. The number of alkyl halides is 1. The molecular weight excluding hydrogens is 258 g/mol. The zero-order valence-corrected chi connectivity index (χ0v) is 10.6. The van der Waals surface area contributed by atoms with E-state index in [9.17, 15) is 4.79 Å². The molecule has 4 nitrogen and oxygen atoms in total. The Morgan fingerprint density at radius 2 is 2.40 bits per heavy atom. The first-order valence-corrected chi connectivity index (χ1v) is 6.00. The SMILES string of the molecule is CC(C)(CCBr)CNC(=O)c1cn[nH]c1. The van der Waals surface area contributed by atoms with Crippen LogP contribution in [0.2, 0.25) is 0 Å². The topological polar surface area (TPSA) is 57.8 Å². The lowest BCUT2D eigenvalue weighted by molar-refractivity contribution is 0.0936. The van der Waals surface area contributed by atoms with Crippen LogP contribution < -0.4 is 5.32 Å². The quantitative estimate of drug-likeness (QED) is 0.806. The zero-order chi connectivity index (χ0) is 11.3. The highest BCUT2D eigenvalue weighted by atomic mass is 79.9. The van der Waals surface area contributed by atoms with Gasteiger partial charge in [-0.05, 0) is 11.8 Å². The summed E-state index contributed by atoms with van der Waals surface area (Å²) in [6.07, 6.45) is 4.14. The molecule has 0 aliphatic heterocycles. The van der Waals surface area contributed by atoms with Gasteiger partial charge in [0.1, 0.15) is 0 Å². The largest absolute Gasteiger partial charge is 0.351 e. The number of nitrogens with zero attached hydrogens (tertiary/aromatic N) is 1. The van der Waals surface area contributed by atoms with Crippen LogP contribution in [0.5, 0.6) is 0 Å². The maximum atomic E-state index is 11.6. The molecular formula is C10H16BrN3O. The number of aromatic nitrogens is 2. The van der Waals surface area contributed by atoms with Gasteiger partial charge in [0.15, 0.2) is 0 Å². The van der Waals surface area contributed by atoms with Crippen molar-refractivity contribution >= 4 is 21.8 Å². The number of carbonyl (C=O) groups is 1. The van der Waals surface area contributed by atoms with E-state index in [1.807, 2.05) is 0 Å². The maximum Gasteiger partial charge on any atom is 0.254 e. The summed E-state index contributed by atoms with van der Waals surface area (Å²) in [5.74, 6) is -0.0774. The summed E-state index contributed by atoms with van der Waals surface area (Å²) >= 11 is 3.40. The van der Waals surface area contributed by atoms with E-state index in [4.69, 9.17) is 0 Å². The van der Waals surface area contributed by atoms with E-state index in [0.717, 1.165) is 11.8 Å². The van der Waals surface area contributed by atoms with E-state index < -0.39 is 0 Å². The minimum atomic E-state index is -0.0774. The van der Waals surface area contributed by atoms with Crippen LogP contribution >= 0.6 is 15.9 Å². The van der Waals surface area contributed by atoms with Gasteiger partial charge in [0.05, 0.1) is 11.8 Å². The van der Waals surface area contributed by atoms with Crippen molar-refractivity contribution in [3.8, 4) is 0 Å². The Balaban J connectivity index is 2.40. The zero-order valence-electron chi connectivity index (χ0n) is 9.01. The second-order valence-electron chi connectivity index (χ2n) is 4.27. The van der Waals surface area contributed by atoms with Crippen LogP contribution in [0.4, 0.5) is 0 Å². The van der Waals surface area contributed by atoms with Crippen LogP contribution in [0.25, 0.3) is 0 Å². The molecule has 15 heavy (non-hydrogen) atoms. The molecule has 1 aromatic rings. The number of hydrogen-bond acceptors (Lipinski definition) is 2. The summed E-state index contributed by atoms with van der Waals surface area (Å²) in [4.78, 5) is 11.6. The Morgan fingerprint density at radius 3 is 2.93 bits per heavy atom. The van der Waals surface area contributed by atoms with Crippen molar-refractivity contribution in [2.24, 2.45) is 5.41 Å². The summed E-state index contributed by atoms with van der Waals surface area (Å²) in [6.45, 7) is 4.93. The van der Waals surface area contributed by atoms with Gasteiger partial charge in [0, 0.05) is 18.1 Å². The van der Waals surface area contributed by atoms with E-state index >= 15 is 0 Å². The van der Waals surface area contributed by atoms with Gasteiger partial charge >= 0.3 is 0 Å². The number of aromatic amines is 1. The number of hydrogen-bond donors (Lipinski definition) is 2. The first kappa shape index (κ1) is 12.2. The fourth-order valence-electron chi connectivity index (χ4n) is 1.14. The van der Waals surface area contributed by atoms with Gasteiger partial charge in [-0.15, -0.1) is 0 Å². The van der Waals surface area contributed by atoms with Gasteiger partial charge in [-0.1, -0.05) is 29.8 Å². The summed E-state index contributed by atoms with van der Waals surface area (Å²) < 4.78 is 0. The van der Waals surface area contributed by atoms with Crippen molar-refractivity contribution in [2.45, 2.75) is 20.3 Å². The number of carbonyl (C=O) groups excluding carboxylic acids is 1. The highest BCUT2D eigenvalue weighted by Gasteiger charge is 2.18. The molecule has 0 aliphatic rings. The van der Waals surface area contributed by atoms with Crippen molar-refractivity contribution in [1.82, 2.24) is 15.5 Å². The van der Waals surface area contributed by atoms with E-state index in [1.165, 1.54) is 6.20 Å². The molecule has 0 spiro atoms. The van der Waals surface area contributed by atoms with Crippen LogP contribution in [0.15, 0.2) is 12.4 Å².